The summed E-state index contributed by atoms with van der Waals surface area (Å²) in [6.07, 6.45) is 0. The molecule has 0 bridgehead atoms. The first-order valence-electron chi connectivity index (χ1n) is 6.34. The summed E-state index contributed by atoms with van der Waals surface area (Å²) in [6.45, 7) is 0.596. The van der Waals surface area contributed by atoms with Crippen molar-refractivity contribution in [3.63, 3.8) is 0 Å². The average Bonchev–Trinajstić information content (AvgIpc) is 2.98. The third-order valence-electron chi connectivity index (χ3n) is 2.93. The fourth-order valence-corrected chi connectivity index (χ4v) is 2.51. The molecular formula is C15H16N2O2S2. The van der Waals surface area contributed by atoms with Gasteiger partial charge in [0.05, 0.1) is 0 Å². The van der Waals surface area contributed by atoms with Crippen molar-refractivity contribution in [1.82, 2.24) is 4.90 Å². The van der Waals surface area contributed by atoms with Crippen LogP contribution >= 0.6 is 23.6 Å². The molecule has 0 saturated heterocycles. The van der Waals surface area contributed by atoms with Crippen LogP contribution in [0, 0.1) is 0 Å². The monoisotopic (exact) mass is 320 g/mol. The number of hydrogen-bond donors (Lipinski definition) is 1. The van der Waals surface area contributed by atoms with Crippen LogP contribution in [0.1, 0.15) is 11.1 Å². The number of benzene rings is 1. The zero-order chi connectivity index (χ0) is 15.2. The number of likely N-dealkylation sites (N-methyl/N-ethyl adjacent to an activating group) is 1. The van der Waals surface area contributed by atoms with Gasteiger partial charge in [-0.05, 0) is 46.7 Å². The van der Waals surface area contributed by atoms with E-state index in [0.29, 0.717) is 17.3 Å². The molecule has 21 heavy (non-hydrogen) atoms. The average molecular weight is 320 g/mol. The predicted molar refractivity (Wildman–Crippen MR) is 88.6 cm³/mol. The number of ether oxygens (including phenoxy) is 1. The van der Waals surface area contributed by atoms with E-state index in [9.17, 15) is 4.79 Å². The summed E-state index contributed by atoms with van der Waals surface area (Å²) in [4.78, 5) is 14.0. The lowest BCUT2D eigenvalue weighted by molar-refractivity contribution is -0.132. The number of thiocarbonyl (C=S) groups is 1. The van der Waals surface area contributed by atoms with Crippen molar-refractivity contribution in [2.24, 2.45) is 5.73 Å². The van der Waals surface area contributed by atoms with Crippen molar-refractivity contribution in [1.29, 1.82) is 0 Å². The predicted octanol–water partition coefficient (Wildman–Crippen LogP) is 2.42. The highest BCUT2D eigenvalue weighted by Crippen LogP contribution is 2.13. The second kappa shape index (κ2) is 7.19. The molecule has 2 N–H and O–H groups in total. The molecule has 0 fully saturated rings. The Morgan fingerprint density at radius 1 is 1.33 bits per heavy atom. The molecule has 0 atom stereocenters. The van der Waals surface area contributed by atoms with Crippen LogP contribution in [-0.4, -0.2) is 29.5 Å². The normalized spacial score (nSPS) is 10.1. The minimum atomic E-state index is -0.0698. The Labute approximate surface area is 133 Å². The molecule has 110 valence electrons. The molecule has 1 aromatic heterocycles. The Kier molecular flexibility index (Phi) is 5.30. The number of carbonyl (C=O) groups excluding carboxylic acids is 1. The van der Waals surface area contributed by atoms with Gasteiger partial charge in [-0.15, -0.1) is 0 Å². The van der Waals surface area contributed by atoms with Gasteiger partial charge in [0.1, 0.15) is 10.7 Å². The standard InChI is InChI=1S/C15H16N2O2S2/c1-17(8-11-6-7-21-10-11)14(18)9-19-13-4-2-12(3-5-13)15(16)20/h2-7,10H,8-9H2,1H3,(H2,16,20). The third-order valence-corrected chi connectivity index (χ3v) is 3.89. The number of nitrogens with two attached hydrogens (primary N) is 1. The summed E-state index contributed by atoms with van der Waals surface area (Å²) in [7, 11) is 1.76. The summed E-state index contributed by atoms with van der Waals surface area (Å²) in [5, 5.41) is 4.02. The highest BCUT2D eigenvalue weighted by molar-refractivity contribution is 7.80. The number of thiophene rings is 1. The highest BCUT2D eigenvalue weighted by Gasteiger charge is 2.10. The summed E-state index contributed by atoms with van der Waals surface area (Å²) in [6, 6.07) is 9.06. The maximum Gasteiger partial charge on any atom is 0.260 e. The molecule has 0 unspecified atom stereocenters. The van der Waals surface area contributed by atoms with Gasteiger partial charge in [-0.3, -0.25) is 4.79 Å². The van der Waals surface area contributed by atoms with Gasteiger partial charge in [0.15, 0.2) is 6.61 Å². The van der Waals surface area contributed by atoms with E-state index in [0.717, 1.165) is 11.1 Å². The quantitative estimate of drug-likeness (QED) is 0.831. The van der Waals surface area contributed by atoms with Crippen molar-refractivity contribution in [3.8, 4) is 5.75 Å². The Balaban J connectivity index is 1.84. The van der Waals surface area contributed by atoms with Gasteiger partial charge in [0.2, 0.25) is 0 Å². The maximum atomic E-state index is 12.0. The van der Waals surface area contributed by atoms with Crippen molar-refractivity contribution >= 4 is 34.5 Å². The van der Waals surface area contributed by atoms with E-state index >= 15 is 0 Å². The Bertz CT molecular complexity index is 609. The van der Waals surface area contributed by atoms with Crippen LogP contribution < -0.4 is 10.5 Å². The van der Waals surface area contributed by atoms with Crippen LogP contribution in [0.3, 0.4) is 0 Å². The van der Waals surface area contributed by atoms with E-state index in [1.165, 1.54) is 0 Å². The van der Waals surface area contributed by atoms with Crippen LogP contribution in [0.15, 0.2) is 41.1 Å². The number of rotatable bonds is 6. The molecule has 1 aromatic carbocycles. The summed E-state index contributed by atoms with van der Waals surface area (Å²) < 4.78 is 5.47. The first-order valence-corrected chi connectivity index (χ1v) is 7.69. The molecule has 0 aliphatic carbocycles. The number of amides is 1. The largest absolute Gasteiger partial charge is 0.484 e. The van der Waals surface area contributed by atoms with E-state index in [2.05, 4.69) is 0 Å². The molecule has 1 heterocycles. The SMILES string of the molecule is CN(Cc1ccsc1)C(=O)COc1ccc(C(N)=S)cc1. The highest BCUT2D eigenvalue weighted by atomic mass is 32.1. The van der Waals surface area contributed by atoms with Gasteiger partial charge in [0, 0.05) is 19.2 Å². The van der Waals surface area contributed by atoms with Gasteiger partial charge in [0.25, 0.3) is 5.91 Å². The van der Waals surface area contributed by atoms with E-state index in [1.807, 2.05) is 16.8 Å². The molecule has 4 nitrogen and oxygen atoms in total. The first kappa shape index (κ1) is 15.5. The summed E-state index contributed by atoms with van der Waals surface area (Å²) in [5.74, 6) is 0.548. The fourth-order valence-electron chi connectivity index (χ4n) is 1.72. The third kappa shape index (κ3) is 4.54. The summed E-state index contributed by atoms with van der Waals surface area (Å²) >= 11 is 6.49. The van der Waals surface area contributed by atoms with Crippen LogP contribution in [0.5, 0.6) is 5.75 Å². The molecular weight excluding hydrogens is 304 g/mol. The van der Waals surface area contributed by atoms with Crippen molar-refractivity contribution in [2.45, 2.75) is 6.54 Å². The smallest absolute Gasteiger partial charge is 0.260 e. The van der Waals surface area contributed by atoms with Crippen molar-refractivity contribution < 1.29 is 9.53 Å². The van der Waals surface area contributed by atoms with Gasteiger partial charge in [-0.1, -0.05) is 12.2 Å². The minimum absolute atomic E-state index is 0.00700. The van der Waals surface area contributed by atoms with Gasteiger partial charge >= 0.3 is 0 Å². The lowest BCUT2D eigenvalue weighted by Crippen LogP contribution is -2.30. The zero-order valence-electron chi connectivity index (χ0n) is 11.6. The lowest BCUT2D eigenvalue weighted by atomic mass is 10.2. The maximum absolute atomic E-state index is 12.0. The van der Waals surface area contributed by atoms with Gasteiger partial charge in [-0.2, -0.15) is 11.3 Å². The van der Waals surface area contributed by atoms with E-state index in [4.69, 9.17) is 22.7 Å². The van der Waals surface area contributed by atoms with Crippen LogP contribution in [0.25, 0.3) is 0 Å². The Hall–Kier alpha value is -1.92. The number of nitrogens with zero attached hydrogens (tertiary/aromatic N) is 1. The Morgan fingerprint density at radius 3 is 2.62 bits per heavy atom. The second-order valence-corrected chi connectivity index (χ2v) is 5.78. The molecule has 0 aliphatic heterocycles. The van der Waals surface area contributed by atoms with Crippen LogP contribution in [0.4, 0.5) is 0 Å². The number of hydrogen-bond acceptors (Lipinski definition) is 4. The summed E-state index contributed by atoms with van der Waals surface area (Å²) in [5.41, 5.74) is 7.42. The molecule has 1 amide bonds. The lowest BCUT2D eigenvalue weighted by Gasteiger charge is -2.16. The second-order valence-electron chi connectivity index (χ2n) is 4.56. The number of carbonyl (C=O) groups is 1. The van der Waals surface area contributed by atoms with Crippen molar-refractivity contribution in [2.75, 3.05) is 13.7 Å². The minimum Gasteiger partial charge on any atom is -0.484 e. The topological polar surface area (TPSA) is 55.6 Å². The molecule has 6 heteroatoms. The molecule has 2 aromatic rings. The first-order chi connectivity index (χ1) is 10.1. The van der Waals surface area contributed by atoms with Gasteiger partial charge < -0.3 is 15.4 Å². The van der Waals surface area contributed by atoms with E-state index in [-0.39, 0.29) is 12.5 Å². The van der Waals surface area contributed by atoms with E-state index in [1.54, 1.807) is 47.5 Å². The molecule has 0 spiro atoms. The Morgan fingerprint density at radius 2 is 2.05 bits per heavy atom. The fraction of sp³-hybridized carbons (Fsp3) is 0.200. The molecule has 0 saturated carbocycles. The van der Waals surface area contributed by atoms with Gasteiger partial charge in [-0.25, -0.2) is 0 Å². The van der Waals surface area contributed by atoms with Crippen LogP contribution in [-0.2, 0) is 11.3 Å². The van der Waals surface area contributed by atoms with E-state index < -0.39 is 0 Å². The molecule has 2 rings (SSSR count). The zero-order valence-corrected chi connectivity index (χ0v) is 13.2. The molecule has 0 radical (unpaired) electrons. The molecule has 0 aliphatic rings. The van der Waals surface area contributed by atoms with Crippen LogP contribution in [0.2, 0.25) is 0 Å². The van der Waals surface area contributed by atoms with Crippen molar-refractivity contribution in [3.05, 3.63) is 52.2 Å².